The van der Waals surface area contributed by atoms with Crippen molar-refractivity contribution in [3.05, 3.63) is 29.8 Å². The monoisotopic (exact) mass is 388 g/mol. The van der Waals surface area contributed by atoms with Gasteiger partial charge in [-0.15, -0.1) is 0 Å². The van der Waals surface area contributed by atoms with Crippen LogP contribution in [0.25, 0.3) is 0 Å². The summed E-state index contributed by atoms with van der Waals surface area (Å²) in [6, 6.07) is 7.96. The second kappa shape index (κ2) is 8.52. The molecule has 28 heavy (non-hydrogen) atoms. The smallest absolute Gasteiger partial charge is 0.226 e. The lowest BCUT2D eigenvalue weighted by atomic mass is 9.88. The molecule has 6 nitrogen and oxygen atoms in total. The molecule has 0 bridgehead atoms. The van der Waals surface area contributed by atoms with Gasteiger partial charge < -0.3 is 19.7 Å². The van der Waals surface area contributed by atoms with Crippen LogP contribution < -0.4 is 10.1 Å². The number of ether oxygens (including phenoxy) is 2. The number of morpholine rings is 1. The van der Waals surface area contributed by atoms with Crippen molar-refractivity contribution in [3.63, 3.8) is 0 Å². The van der Waals surface area contributed by atoms with Gasteiger partial charge >= 0.3 is 0 Å². The Kier molecular flexibility index (Phi) is 6.28. The van der Waals surface area contributed by atoms with Crippen molar-refractivity contribution < 1.29 is 19.1 Å². The Morgan fingerprint density at radius 3 is 2.32 bits per heavy atom. The van der Waals surface area contributed by atoms with Crippen molar-refractivity contribution in [2.24, 2.45) is 11.3 Å². The van der Waals surface area contributed by atoms with E-state index in [-0.39, 0.29) is 29.7 Å². The first kappa shape index (κ1) is 20.6. The quantitative estimate of drug-likeness (QED) is 0.861. The Balaban J connectivity index is 1.79. The molecule has 1 N–H and O–H groups in total. The first-order valence-corrected chi connectivity index (χ1v) is 10.1. The van der Waals surface area contributed by atoms with Crippen LogP contribution in [-0.4, -0.2) is 56.2 Å². The van der Waals surface area contributed by atoms with Gasteiger partial charge in [-0.25, -0.2) is 0 Å². The molecule has 1 saturated carbocycles. The SMILES string of the molecule is COc1ccc([C@H]2C[C@H](NC(=O)C(C)(C)C)C[C@@H]2C(=O)N2CCOCC2)cc1. The van der Waals surface area contributed by atoms with E-state index >= 15 is 0 Å². The molecular formula is C22H32N2O4. The molecule has 1 aliphatic heterocycles. The number of benzene rings is 1. The second-order valence-corrected chi connectivity index (χ2v) is 8.82. The number of hydrogen-bond acceptors (Lipinski definition) is 4. The highest BCUT2D eigenvalue weighted by molar-refractivity contribution is 5.83. The van der Waals surface area contributed by atoms with E-state index in [1.165, 1.54) is 0 Å². The van der Waals surface area contributed by atoms with Crippen molar-refractivity contribution in [3.8, 4) is 5.75 Å². The van der Waals surface area contributed by atoms with Gasteiger partial charge in [0.25, 0.3) is 0 Å². The zero-order chi connectivity index (χ0) is 20.3. The molecular weight excluding hydrogens is 356 g/mol. The van der Waals surface area contributed by atoms with E-state index < -0.39 is 5.41 Å². The third-order valence-corrected chi connectivity index (χ3v) is 5.76. The van der Waals surface area contributed by atoms with E-state index in [0.717, 1.165) is 17.7 Å². The third-order valence-electron chi connectivity index (χ3n) is 5.76. The van der Waals surface area contributed by atoms with Crippen LogP contribution in [-0.2, 0) is 14.3 Å². The summed E-state index contributed by atoms with van der Waals surface area (Å²) in [4.78, 5) is 27.7. The van der Waals surface area contributed by atoms with Crippen LogP contribution in [0.4, 0.5) is 0 Å². The van der Waals surface area contributed by atoms with Gasteiger partial charge in [0.05, 0.1) is 20.3 Å². The number of amides is 2. The minimum absolute atomic E-state index is 0.00816. The van der Waals surface area contributed by atoms with E-state index in [1.807, 2.05) is 49.9 Å². The summed E-state index contributed by atoms with van der Waals surface area (Å²) in [5.41, 5.74) is 0.682. The first-order chi connectivity index (χ1) is 13.3. The molecule has 154 valence electrons. The lowest BCUT2D eigenvalue weighted by molar-refractivity contribution is -0.140. The number of hydrogen-bond donors (Lipinski definition) is 1. The standard InChI is InChI=1S/C22H32N2O4/c1-22(2,3)21(26)23-16-13-18(15-5-7-17(27-4)8-6-15)19(14-16)20(25)24-9-11-28-12-10-24/h5-8,16,18-19H,9-14H2,1-4H3,(H,23,26)/t16-,18+,19-/m0/s1. The minimum Gasteiger partial charge on any atom is -0.497 e. The predicted molar refractivity (Wildman–Crippen MR) is 107 cm³/mol. The molecule has 0 aromatic heterocycles. The summed E-state index contributed by atoms with van der Waals surface area (Å²) >= 11 is 0. The summed E-state index contributed by atoms with van der Waals surface area (Å²) in [5, 5.41) is 3.17. The fourth-order valence-corrected chi connectivity index (χ4v) is 4.07. The number of nitrogens with one attached hydrogen (secondary N) is 1. The lowest BCUT2D eigenvalue weighted by Gasteiger charge is -2.31. The number of nitrogens with zero attached hydrogens (tertiary/aromatic N) is 1. The highest BCUT2D eigenvalue weighted by Gasteiger charge is 2.42. The molecule has 2 amide bonds. The highest BCUT2D eigenvalue weighted by atomic mass is 16.5. The summed E-state index contributed by atoms with van der Waals surface area (Å²) in [5.74, 6) is 0.973. The first-order valence-electron chi connectivity index (χ1n) is 10.1. The Hall–Kier alpha value is -2.08. The van der Waals surface area contributed by atoms with Crippen molar-refractivity contribution in [2.45, 2.75) is 45.6 Å². The van der Waals surface area contributed by atoms with Gasteiger partial charge in [0, 0.05) is 30.5 Å². The molecule has 0 spiro atoms. The van der Waals surface area contributed by atoms with Crippen molar-refractivity contribution in [1.82, 2.24) is 10.2 Å². The predicted octanol–water partition coefficient (Wildman–Crippen LogP) is 2.58. The van der Waals surface area contributed by atoms with Crippen LogP contribution in [0.15, 0.2) is 24.3 Å². The Morgan fingerprint density at radius 2 is 1.75 bits per heavy atom. The van der Waals surface area contributed by atoms with Gasteiger partial charge in [-0.2, -0.15) is 0 Å². The van der Waals surface area contributed by atoms with Gasteiger partial charge in [0.15, 0.2) is 0 Å². The molecule has 1 saturated heterocycles. The van der Waals surface area contributed by atoms with Gasteiger partial charge in [0.2, 0.25) is 11.8 Å². The number of rotatable bonds is 4. The van der Waals surface area contributed by atoms with E-state index in [9.17, 15) is 9.59 Å². The summed E-state index contributed by atoms with van der Waals surface area (Å²) < 4.78 is 10.7. The fourth-order valence-electron chi connectivity index (χ4n) is 4.07. The molecule has 0 unspecified atom stereocenters. The van der Waals surface area contributed by atoms with E-state index in [2.05, 4.69) is 5.32 Å². The number of carbonyl (C=O) groups excluding carboxylic acids is 2. The van der Waals surface area contributed by atoms with Crippen molar-refractivity contribution >= 4 is 11.8 Å². The van der Waals surface area contributed by atoms with Crippen LogP contribution in [0.3, 0.4) is 0 Å². The molecule has 1 aromatic carbocycles. The van der Waals surface area contributed by atoms with Gasteiger partial charge in [0.1, 0.15) is 5.75 Å². The topological polar surface area (TPSA) is 67.9 Å². The largest absolute Gasteiger partial charge is 0.497 e. The zero-order valence-corrected chi connectivity index (χ0v) is 17.4. The van der Waals surface area contributed by atoms with Gasteiger partial charge in [-0.1, -0.05) is 32.9 Å². The number of carbonyl (C=O) groups is 2. The van der Waals surface area contributed by atoms with E-state index in [0.29, 0.717) is 32.7 Å². The summed E-state index contributed by atoms with van der Waals surface area (Å²) in [6.45, 7) is 8.21. The summed E-state index contributed by atoms with van der Waals surface area (Å²) in [6.07, 6.45) is 1.45. The molecule has 2 fully saturated rings. The van der Waals surface area contributed by atoms with Crippen molar-refractivity contribution in [1.29, 1.82) is 0 Å². The Bertz CT molecular complexity index is 689. The zero-order valence-electron chi connectivity index (χ0n) is 17.4. The van der Waals surface area contributed by atoms with Crippen LogP contribution >= 0.6 is 0 Å². The van der Waals surface area contributed by atoms with Crippen LogP contribution in [0.5, 0.6) is 5.75 Å². The third kappa shape index (κ3) is 4.66. The molecule has 3 atom stereocenters. The second-order valence-electron chi connectivity index (χ2n) is 8.82. The number of methoxy groups -OCH3 is 1. The van der Waals surface area contributed by atoms with Gasteiger partial charge in [-0.05, 0) is 36.5 Å². The van der Waals surface area contributed by atoms with Crippen LogP contribution in [0, 0.1) is 11.3 Å². The lowest BCUT2D eigenvalue weighted by Crippen LogP contribution is -2.45. The fraction of sp³-hybridized carbons (Fsp3) is 0.636. The maximum Gasteiger partial charge on any atom is 0.226 e. The Labute approximate surface area is 167 Å². The van der Waals surface area contributed by atoms with Crippen LogP contribution in [0.1, 0.15) is 45.1 Å². The van der Waals surface area contributed by atoms with E-state index in [1.54, 1.807) is 7.11 Å². The average molecular weight is 389 g/mol. The highest BCUT2D eigenvalue weighted by Crippen LogP contribution is 2.41. The maximum absolute atomic E-state index is 13.3. The molecule has 1 heterocycles. The molecule has 2 aliphatic rings. The average Bonchev–Trinajstić information content (AvgIpc) is 3.11. The van der Waals surface area contributed by atoms with E-state index in [4.69, 9.17) is 9.47 Å². The van der Waals surface area contributed by atoms with Crippen LogP contribution in [0.2, 0.25) is 0 Å². The Morgan fingerprint density at radius 1 is 1.11 bits per heavy atom. The summed E-state index contributed by atoms with van der Waals surface area (Å²) in [7, 11) is 1.65. The molecule has 6 heteroatoms. The molecule has 3 rings (SSSR count). The maximum atomic E-state index is 13.3. The van der Waals surface area contributed by atoms with Crippen molar-refractivity contribution in [2.75, 3.05) is 33.4 Å². The molecule has 0 radical (unpaired) electrons. The molecule has 1 aromatic rings. The van der Waals surface area contributed by atoms with Gasteiger partial charge in [-0.3, -0.25) is 9.59 Å². The minimum atomic E-state index is -0.443. The molecule has 1 aliphatic carbocycles. The normalized spacial score (nSPS) is 25.4.